The van der Waals surface area contributed by atoms with Gasteiger partial charge in [-0.05, 0) is 41.7 Å². The van der Waals surface area contributed by atoms with Gasteiger partial charge >= 0.3 is 5.76 Å². The van der Waals surface area contributed by atoms with Gasteiger partial charge in [0.1, 0.15) is 10.8 Å². The third-order valence-electron chi connectivity index (χ3n) is 4.10. The summed E-state index contributed by atoms with van der Waals surface area (Å²) in [5.41, 5.74) is 3.31. The summed E-state index contributed by atoms with van der Waals surface area (Å²) in [5.74, 6) is -2.84. The average Bonchev–Trinajstić information content (AvgIpc) is 2.61. The molecule has 0 saturated heterocycles. The molecule has 0 aliphatic heterocycles. The fraction of sp³-hybridized carbons (Fsp3) is 0.400. The molecular formula is C20H24F2OS. The van der Waals surface area contributed by atoms with E-state index < -0.39 is 16.6 Å². The van der Waals surface area contributed by atoms with Crippen molar-refractivity contribution in [1.82, 2.24) is 0 Å². The van der Waals surface area contributed by atoms with Crippen LogP contribution in [-0.4, -0.2) is 9.97 Å². The average molecular weight is 350 g/mol. The lowest BCUT2D eigenvalue weighted by molar-refractivity contribution is 0.244. The fourth-order valence-electron chi connectivity index (χ4n) is 2.68. The van der Waals surface area contributed by atoms with Gasteiger partial charge in [0.2, 0.25) is 0 Å². The van der Waals surface area contributed by atoms with Crippen molar-refractivity contribution in [2.45, 2.75) is 56.1 Å². The van der Waals surface area contributed by atoms with Gasteiger partial charge in [-0.2, -0.15) is 8.78 Å². The SMILES string of the molecule is CCCCCCCc1ccc(-c2ccc(S(=O)C(F)F)cc2)cc1. The summed E-state index contributed by atoms with van der Waals surface area (Å²) in [7, 11) is -2.24. The van der Waals surface area contributed by atoms with Crippen LogP contribution in [0, 0.1) is 0 Å². The van der Waals surface area contributed by atoms with Crippen LogP contribution in [0.2, 0.25) is 0 Å². The molecule has 0 aliphatic rings. The van der Waals surface area contributed by atoms with Gasteiger partial charge in [-0.1, -0.05) is 69.0 Å². The molecule has 0 amide bonds. The van der Waals surface area contributed by atoms with Crippen molar-refractivity contribution < 1.29 is 13.0 Å². The largest absolute Gasteiger partial charge is 0.316 e. The van der Waals surface area contributed by atoms with E-state index in [1.807, 2.05) is 0 Å². The van der Waals surface area contributed by atoms with Gasteiger partial charge < -0.3 is 0 Å². The predicted octanol–water partition coefficient (Wildman–Crippen LogP) is 6.20. The molecule has 0 spiro atoms. The van der Waals surface area contributed by atoms with Crippen molar-refractivity contribution >= 4 is 10.8 Å². The molecule has 2 aromatic rings. The first-order valence-corrected chi connectivity index (χ1v) is 9.71. The highest BCUT2D eigenvalue weighted by Gasteiger charge is 2.15. The summed E-state index contributed by atoms with van der Waals surface area (Å²) >= 11 is 0. The topological polar surface area (TPSA) is 17.1 Å². The number of hydrogen-bond donors (Lipinski definition) is 0. The van der Waals surface area contributed by atoms with Crippen molar-refractivity contribution in [3.63, 3.8) is 0 Å². The first-order chi connectivity index (χ1) is 11.6. The predicted molar refractivity (Wildman–Crippen MR) is 96.8 cm³/mol. The highest BCUT2D eigenvalue weighted by molar-refractivity contribution is 7.85. The Hall–Kier alpha value is -1.55. The first-order valence-electron chi connectivity index (χ1n) is 8.50. The van der Waals surface area contributed by atoms with E-state index in [1.165, 1.54) is 49.8 Å². The van der Waals surface area contributed by atoms with E-state index in [0.717, 1.165) is 17.5 Å². The molecule has 130 valence electrons. The number of hydrogen-bond acceptors (Lipinski definition) is 1. The van der Waals surface area contributed by atoms with E-state index in [0.29, 0.717) is 0 Å². The van der Waals surface area contributed by atoms with E-state index in [4.69, 9.17) is 0 Å². The Bertz CT molecular complexity index is 636. The minimum atomic E-state index is -2.84. The monoisotopic (exact) mass is 350 g/mol. The molecule has 24 heavy (non-hydrogen) atoms. The summed E-state index contributed by atoms with van der Waals surface area (Å²) in [4.78, 5) is 0.164. The van der Waals surface area contributed by atoms with Crippen molar-refractivity contribution in [3.05, 3.63) is 54.1 Å². The molecule has 0 aromatic heterocycles. The van der Waals surface area contributed by atoms with Crippen LogP contribution in [0.5, 0.6) is 0 Å². The molecule has 0 fully saturated rings. The van der Waals surface area contributed by atoms with E-state index in [2.05, 4.69) is 31.2 Å². The maximum Gasteiger partial charge on any atom is 0.316 e. The van der Waals surface area contributed by atoms with E-state index in [-0.39, 0.29) is 4.90 Å². The third-order valence-corrected chi connectivity index (χ3v) is 5.17. The van der Waals surface area contributed by atoms with Crippen molar-refractivity contribution in [1.29, 1.82) is 0 Å². The van der Waals surface area contributed by atoms with Gasteiger partial charge in [-0.25, -0.2) is 4.21 Å². The minimum Gasteiger partial charge on any atom is -0.248 e. The molecule has 4 heteroatoms. The van der Waals surface area contributed by atoms with Crippen LogP contribution in [0.25, 0.3) is 11.1 Å². The zero-order valence-corrected chi connectivity index (χ0v) is 14.8. The van der Waals surface area contributed by atoms with Gasteiger partial charge in [0.25, 0.3) is 0 Å². The minimum absolute atomic E-state index is 0.164. The van der Waals surface area contributed by atoms with Crippen LogP contribution < -0.4 is 0 Å². The van der Waals surface area contributed by atoms with Crippen LogP contribution >= 0.6 is 0 Å². The fourth-order valence-corrected chi connectivity index (χ4v) is 3.29. The summed E-state index contributed by atoms with van der Waals surface area (Å²) in [6, 6.07) is 14.9. The normalized spacial score (nSPS) is 12.5. The van der Waals surface area contributed by atoms with Crippen molar-refractivity contribution in [2.24, 2.45) is 0 Å². The lowest BCUT2D eigenvalue weighted by Crippen LogP contribution is -2.02. The number of alkyl halides is 2. The Kier molecular flexibility index (Phi) is 7.57. The Morgan fingerprint density at radius 2 is 1.38 bits per heavy atom. The number of rotatable bonds is 9. The summed E-state index contributed by atoms with van der Waals surface area (Å²) in [6.07, 6.45) is 7.46. The maximum absolute atomic E-state index is 12.5. The second-order valence-corrected chi connectivity index (χ2v) is 7.37. The van der Waals surface area contributed by atoms with Crippen LogP contribution in [-0.2, 0) is 17.2 Å². The third kappa shape index (κ3) is 5.52. The van der Waals surface area contributed by atoms with Gasteiger partial charge in [-0.15, -0.1) is 0 Å². The summed E-state index contributed by atoms with van der Waals surface area (Å²) in [6.45, 7) is 2.22. The molecule has 2 rings (SSSR count). The van der Waals surface area contributed by atoms with E-state index in [1.54, 1.807) is 12.1 Å². The van der Waals surface area contributed by atoms with Crippen LogP contribution in [0.1, 0.15) is 44.6 Å². The molecule has 1 unspecified atom stereocenters. The maximum atomic E-state index is 12.5. The molecule has 2 aromatic carbocycles. The van der Waals surface area contributed by atoms with Crippen molar-refractivity contribution in [3.8, 4) is 11.1 Å². The number of aryl methyl sites for hydroxylation is 1. The Morgan fingerprint density at radius 3 is 1.92 bits per heavy atom. The molecule has 0 saturated carbocycles. The molecular weight excluding hydrogens is 326 g/mol. The van der Waals surface area contributed by atoms with E-state index in [9.17, 15) is 13.0 Å². The van der Waals surface area contributed by atoms with Gasteiger partial charge in [-0.3, -0.25) is 0 Å². The van der Waals surface area contributed by atoms with E-state index >= 15 is 0 Å². The molecule has 0 bridgehead atoms. The summed E-state index contributed by atoms with van der Waals surface area (Å²) in [5, 5.41) is 0. The second kappa shape index (κ2) is 9.67. The zero-order valence-electron chi connectivity index (χ0n) is 14.0. The van der Waals surface area contributed by atoms with Crippen LogP contribution in [0.15, 0.2) is 53.4 Å². The zero-order chi connectivity index (χ0) is 17.4. The smallest absolute Gasteiger partial charge is 0.248 e. The van der Waals surface area contributed by atoms with Crippen LogP contribution in [0.3, 0.4) is 0 Å². The van der Waals surface area contributed by atoms with Crippen LogP contribution in [0.4, 0.5) is 8.78 Å². The second-order valence-electron chi connectivity index (χ2n) is 5.94. The van der Waals surface area contributed by atoms with Crippen molar-refractivity contribution in [2.75, 3.05) is 0 Å². The number of halogens is 2. The lowest BCUT2D eigenvalue weighted by Gasteiger charge is -2.06. The highest BCUT2D eigenvalue weighted by Crippen LogP contribution is 2.23. The standard InChI is InChI=1S/C20H24F2OS/c1-2-3-4-5-6-7-16-8-10-17(11-9-16)18-12-14-19(15-13-18)24(23)20(21)22/h8-15,20H,2-7H2,1H3. The number of benzene rings is 2. The molecule has 0 N–H and O–H groups in total. The highest BCUT2D eigenvalue weighted by atomic mass is 32.2. The number of unbranched alkanes of at least 4 members (excludes halogenated alkanes) is 4. The molecule has 0 aliphatic carbocycles. The molecule has 0 radical (unpaired) electrons. The lowest BCUT2D eigenvalue weighted by atomic mass is 10.0. The molecule has 1 nitrogen and oxygen atoms in total. The Morgan fingerprint density at radius 1 is 0.833 bits per heavy atom. The summed E-state index contributed by atoms with van der Waals surface area (Å²) < 4.78 is 36.3. The van der Waals surface area contributed by atoms with Gasteiger partial charge in [0.15, 0.2) is 0 Å². The Labute approximate surface area is 145 Å². The molecule has 1 atom stereocenters. The van der Waals surface area contributed by atoms with Gasteiger partial charge in [0.05, 0.1) is 0 Å². The quantitative estimate of drug-likeness (QED) is 0.492. The van der Waals surface area contributed by atoms with Gasteiger partial charge in [0, 0.05) is 4.90 Å². The first kappa shape index (κ1) is 18.8. The molecule has 0 heterocycles. The Balaban J connectivity index is 1.94.